The fraction of sp³-hybridized carbons (Fsp3) is 0.872. The molecule has 15 nitrogen and oxygen atoms in total. The van der Waals surface area contributed by atoms with Crippen LogP contribution in [0.2, 0.25) is 0 Å². The molecule has 15 heteroatoms. The minimum Gasteiger partial charge on any atom is -0.375 e. The van der Waals surface area contributed by atoms with Crippen LogP contribution in [0.3, 0.4) is 0 Å². The second-order valence-corrected chi connectivity index (χ2v) is 15.4. The second-order valence-electron chi connectivity index (χ2n) is 15.4. The summed E-state index contributed by atoms with van der Waals surface area (Å²) in [5.74, 6) is -3.10. The number of amides is 5. The van der Waals surface area contributed by atoms with Gasteiger partial charge in [0.2, 0.25) is 29.5 Å². The zero-order chi connectivity index (χ0) is 40.0. The molecule has 54 heavy (non-hydrogen) atoms. The maximum absolute atomic E-state index is 14.2. The molecule has 0 aromatic heterocycles. The molecule has 312 valence electrons. The molecule has 2 aliphatic rings. The third-order valence-electron chi connectivity index (χ3n) is 10.8. The van der Waals surface area contributed by atoms with Crippen molar-refractivity contribution < 1.29 is 33.4 Å². The molecular weight excluding hydrogens is 692 g/mol. The molecule has 7 atom stereocenters. The summed E-state index contributed by atoms with van der Waals surface area (Å²) in [6.07, 6.45) is 11.2. The number of nitrogens with two attached hydrogens (primary N) is 3. The average molecular weight is 767 g/mol. The molecule has 0 aromatic rings. The van der Waals surface area contributed by atoms with Crippen molar-refractivity contribution in [3.05, 3.63) is 0 Å². The van der Waals surface area contributed by atoms with E-state index in [1.807, 2.05) is 13.8 Å². The molecule has 10 N–H and O–H groups in total. The van der Waals surface area contributed by atoms with Crippen molar-refractivity contribution in [3.8, 4) is 0 Å². The molecule has 5 amide bonds. The predicted octanol–water partition coefficient (Wildman–Crippen LogP) is 1.59. The van der Waals surface area contributed by atoms with Crippen molar-refractivity contribution in [1.82, 2.24) is 26.2 Å². The number of rotatable bonds is 16. The van der Waals surface area contributed by atoms with Crippen molar-refractivity contribution in [2.45, 2.75) is 166 Å². The first-order chi connectivity index (χ1) is 25.9. The Kier molecular flexibility index (Phi) is 22.8. The maximum Gasteiger partial charge on any atom is 0.245 e. The van der Waals surface area contributed by atoms with Gasteiger partial charge in [0.1, 0.15) is 24.2 Å². The average Bonchev–Trinajstić information content (AvgIpc) is 3.44. The smallest absolute Gasteiger partial charge is 0.245 e. The lowest BCUT2D eigenvalue weighted by atomic mass is 9.90. The molecule has 2 rings (SSSR count). The SMILES string of the molecule is CCCCCC[C@H]1OC[C@@H](C)NC(=O)[C@H](COC(CCN)CCN)NC(=O)[C@H](CN)NC(=O)[C@H](C2CCCCCC2)NC(=O)[C@H](CCC)N(C)C(=O)[C@@H]1C. The zero-order valence-electron chi connectivity index (χ0n) is 33.9. The van der Waals surface area contributed by atoms with E-state index in [4.69, 9.17) is 26.7 Å². The lowest BCUT2D eigenvalue weighted by molar-refractivity contribution is -0.147. The van der Waals surface area contributed by atoms with Gasteiger partial charge in [-0.3, -0.25) is 24.0 Å². The van der Waals surface area contributed by atoms with E-state index in [0.717, 1.165) is 64.2 Å². The number of likely N-dealkylation sites (N-methyl/N-ethyl adjacent to an activating group) is 1. The Morgan fingerprint density at radius 1 is 0.759 bits per heavy atom. The Morgan fingerprint density at radius 3 is 1.98 bits per heavy atom. The minimum atomic E-state index is -1.20. The zero-order valence-corrected chi connectivity index (χ0v) is 33.9. The Morgan fingerprint density at radius 2 is 1.39 bits per heavy atom. The number of hydrogen-bond donors (Lipinski definition) is 7. The summed E-state index contributed by atoms with van der Waals surface area (Å²) in [4.78, 5) is 71.5. The first kappa shape index (κ1) is 47.3. The summed E-state index contributed by atoms with van der Waals surface area (Å²) in [6.45, 7) is 8.11. The van der Waals surface area contributed by atoms with Crippen LogP contribution in [0.15, 0.2) is 0 Å². The highest BCUT2D eigenvalue weighted by Crippen LogP contribution is 2.27. The molecule has 0 radical (unpaired) electrons. The highest BCUT2D eigenvalue weighted by molar-refractivity contribution is 5.96. The molecule has 2 fully saturated rings. The molecular formula is C39H74N8O7. The molecule has 1 aliphatic carbocycles. The van der Waals surface area contributed by atoms with E-state index < -0.39 is 65.9 Å². The van der Waals surface area contributed by atoms with Gasteiger partial charge in [-0.1, -0.05) is 78.6 Å². The normalized spacial score (nSPS) is 28.0. The Hall–Kier alpha value is -2.85. The molecule has 0 spiro atoms. The largest absolute Gasteiger partial charge is 0.375 e. The van der Waals surface area contributed by atoms with Crippen molar-refractivity contribution >= 4 is 29.5 Å². The van der Waals surface area contributed by atoms with E-state index in [0.29, 0.717) is 45.2 Å². The molecule has 1 saturated carbocycles. The Labute approximate surface area is 324 Å². The van der Waals surface area contributed by atoms with Crippen LogP contribution < -0.4 is 38.5 Å². The van der Waals surface area contributed by atoms with E-state index in [2.05, 4.69) is 28.2 Å². The molecule has 1 saturated heterocycles. The quantitative estimate of drug-likeness (QED) is 0.0886. The third kappa shape index (κ3) is 15.7. The summed E-state index contributed by atoms with van der Waals surface area (Å²) >= 11 is 0. The molecule has 0 unspecified atom stereocenters. The topological polar surface area (TPSA) is 233 Å². The van der Waals surface area contributed by atoms with Crippen LogP contribution in [0.4, 0.5) is 0 Å². The third-order valence-corrected chi connectivity index (χ3v) is 10.8. The number of nitrogens with zero attached hydrogens (tertiary/aromatic N) is 1. The van der Waals surface area contributed by atoms with Gasteiger partial charge in [0, 0.05) is 19.6 Å². The van der Waals surface area contributed by atoms with Gasteiger partial charge in [0.25, 0.3) is 0 Å². The molecule has 0 bridgehead atoms. The van der Waals surface area contributed by atoms with Crippen molar-refractivity contribution in [2.75, 3.05) is 39.9 Å². The van der Waals surface area contributed by atoms with E-state index in [1.165, 1.54) is 4.90 Å². The summed E-state index contributed by atoms with van der Waals surface area (Å²) < 4.78 is 12.4. The van der Waals surface area contributed by atoms with E-state index in [1.54, 1.807) is 14.0 Å². The molecule has 1 heterocycles. The fourth-order valence-electron chi connectivity index (χ4n) is 7.47. The van der Waals surface area contributed by atoms with Crippen LogP contribution in [0.5, 0.6) is 0 Å². The van der Waals surface area contributed by atoms with Crippen LogP contribution in [-0.2, 0) is 33.4 Å². The summed E-state index contributed by atoms with van der Waals surface area (Å²) in [7, 11) is 1.64. The van der Waals surface area contributed by atoms with Gasteiger partial charge in [0.15, 0.2) is 0 Å². The van der Waals surface area contributed by atoms with Crippen LogP contribution in [0, 0.1) is 11.8 Å². The summed E-state index contributed by atoms with van der Waals surface area (Å²) in [5.41, 5.74) is 17.6. The highest BCUT2D eigenvalue weighted by atomic mass is 16.5. The second kappa shape index (κ2) is 26.1. The van der Waals surface area contributed by atoms with Gasteiger partial charge in [-0.25, -0.2) is 0 Å². The predicted molar refractivity (Wildman–Crippen MR) is 210 cm³/mol. The minimum absolute atomic E-state index is 0.111. The van der Waals surface area contributed by atoms with E-state index in [9.17, 15) is 24.0 Å². The fourth-order valence-corrected chi connectivity index (χ4v) is 7.47. The summed E-state index contributed by atoms with van der Waals surface area (Å²) in [6, 6.07) is -4.60. The van der Waals surface area contributed by atoms with E-state index >= 15 is 0 Å². The monoisotopic (exact) mass is 767 g/mol. The first-order valence-electron chi connectivity index (χ1n) is 20.7. The lowest BCUT2D eigenvalue weighted by Gasteiger charge is -2.34. The van der Waals surface area contributed by atoms with Crippen molar-refractivity contribution in [1.29, 1.82) is 0 Å². The molecule has 0 aromatic carbocycles. The number of hydrogen-bond acceptors (Lipinski definition) is 10. The van der Waals surface area contributed by atoms with Gasteiger partial charge in [-0.15, -0.1) is 0 Å². The van der Waals surface area contributed by atoms with Crippen LogP contribution in [-0.4, -0.2) is 117 Å². The van der Waals surface area contributed by atoms with Crippen molar-refractivity contribution in [3.63, 3.8) is 0 Å². The van der Waals surface area contributed by atoms with Crippen LogP contribution in [0.1, 0.15) is 124 Å². The summed E-state index contributed by atoms with van der Waals surface area (Å²) in [5, 5.41) is 11.5. The number of ether oxygens (including phenoxy) is 2. The Bertz CT molecular complexity index is 1130. The van der Waals surface area contributed by atoms with Crippen molar-refractivity contribution in [2.24, 2.45) is 29.0 Å². The van der Waals surface area contributed by atoms with Gasteiger partial charge in [-0.2, -0.15) is 0 Å². The molecule has 1 aliphatic heterocycles. The lowest BCUT2D eigenvalue weighted by Crippen LogP contribution is -2.62. The maximum atomic E-state index is 14.2. The van der Waals surface area contributed by atoms with Gasteiger partial charge in [0.05, 0.1) is 31.3 Å². The van der Waals surface area contributed by atoms with Crippen LogP contribution >= 0.6 is 0 Å². The Balaban J connectivity index is 2.56. The highest BCUT2D eigenvalue weighted by Gasteiger charge is 2.38. The van der Waals surface area contributed by atoms with E-state index in [-0.39, 0.29) is 37.7 Å². The standard InChI is InChI=1S/C39H74N8O7/c1-6-8-9-14-18-33-27(4)39(52)47(5)32(15-7-2)37(50)46-34(28-16-12-10-11-13-17-28)38(51)44-30(23-42)35(48)45-31(36(49)43-26(3)24-54-33)25-53-29(19-21-40)20-22-41/h26-34H,6-25,40-42H2,1-5H3,(H,43,49)(H,44,51)(H,45,48)(H,46,50)/t26-,27-,30+,31+,32+,33-,34+/m1/s1. The van der Waals surface area contributed by atoms with Gasteiger partial charge >= 0.3 is 0 Å². The van der Waals surface area contributed by atoms with Gasteiger partial charge < -0.3 is 52.8 Å². The van der Waals surface area contributed by atoms with Gasteiger partial charge in [-0.05, 0) is 64.5 Å². The number of carbonyl (C=O) groups is 5. The number of unbranched alkanes of at least 4 members (excludes halogenated alkanes) is 3. The van der Waals surface area contributed by atoms with Crippen LogP contribution in [0.25, 0.3) is 0 Å². The number of nitrogens with one attached hydrogen (secondary N) is 4. The number of carbonyl (C=O) groups excluding carboxylic acids is 5. The first-order valence-corrected chi connectivity index (χ1v) is 20.7.